The topological polar surface area (TPSA) is 24.8 Å². The van der Waals surface area contributed by atoms with Gasteiger partial charge in [0.25, 0.3) is 0 Å². The molecule has 2 aromatic rings. The zero-order valence-corrected chi connectivity index (χ0v) is 11.1. The summed E-state index contributed by atoms with van der Waals surface area (Å²) >= 11 is 1.72. The van der Waals surface area contributed by atoms with Crippen LogP contribution in [0.15, 0.2) is 46.8 Å². The minimum atomic E-state index is 0.0740. The molecule has 1 aromatic heterocycles. The lowest BCUT2D eigenvalue weighted by Crippen LogP contribution is -2.33. The van der Waals surface area contributed by atoms with Crippen molar-refractivity contribution in [3.05, 3.63) is 46.7 Å². The number of para-hydroxylation sites is 2. The number of aliphatic imine (C=N–C) groups is 1. The van der Waals surface area contributed by atoms with Crippen LogP contribution in [0.1, 0.15) is 10.9 Å². The highest BCUT2D eigenvalue weighted by molar-refractivity contribution is 7.10. The number of rotatable bonds is 1. The summed E-state index contributed by atoms with van der Waals surface area (Å²) < 4.78 is 5.47. The molecular weight excluding hydrogens is 244 g/mol. The van der Waals surface area contributed by atoms with Gasteiger partial charge in [0.05, 0.1) is 18.5 Å². The van der Waals surface area contributed by atoms with E-state index >= 15 is 0 Å². The van der Waals surface area contributed by atoms with E-state index in [1.807, 2.05) is 18.2 Å². The molecule has 1 aliphatic rings. The Morgan fingerprint density at radius 2 is 2.06 bits per heavy atom. The van der Waals surface area contributed by atoms with Gasteiger partial charge in [-0.1, -0.05) is 18.2 Å². The minimum absolute atomic E-state index is 0.0740. The van der Waals surface area contributed by atoms with Crippen molar-refractivity contribution in [3.63, 3.8) is 0 Å². The molecule has 0 bridgehead atoms. The number of anilines is 1. The first-order valence-electron chi connectivity index (χ1n) is 5.79. The van der Waals surface area contributed by atoms with Gasteiger partial charge in [-0.3, -0.25) is 0 Å². The van der Waals surface area contributed by atoms with E-state index in [9.17, 15) is 0 Å². The van der Waals surface area contributed by atoms with Crippen molar-refractivity contribution in [1.82, 2.24) is 0 Å². The molecule has 0 saturated heterocycles. The van der Waals surface area contributed by atoms with Gasteiger partial charge in [-0.15, -0.1) is 11.3 Å². The van der Waals surface area contributed by atoms with Crippen molar-refractivity contribution < 1.29 is 4.74 Å². The number of ether oxygens (including phenoxy) is 1. The summed E-state index contributed by atoms with van der Waals surface area (Å²) in [5, 5.41) is 2.08. The van der Waals surface area contributed by atoms with E-state index in [0.717, 1.165) is 17.3 Å². The zero-order valence-electron chi connectivity index (χ0n) is 10.3. The van der Waals surface area contributed by atoms with Crippen molar-refractivity contribution in [2.45, 2.75) is 6.04 Å². The Morgan fingerprint density at radius 3 is 2.78 bits per heavy atom. The van der Waals surface area contributed by atoms with E-state index in [0.29, 0.717) is 0 Å². The summed E-state index contributed by atoms with van der Waals surface area (Å²) in [7, 11) is 3.76. The van der Waals surface area contributed by atoms with Crippen LogP contribution in [0.25, 0.3) is 0 Å². The number of likely N-dealkylation sites (N-methyl/N-ethyl adjacent to an activating group) is 1. The Hall–Kier alpha value is -1.81. The fourth-order valence-electron chi connectivity index (χ4n) is 2.26. The highest BCUT2D eigenvalue weighted by atomic mass is 32.1. The average Bonchev–Trinajstić information content (AvgIpc) is 2.92. The highest BCUT2D eigenvalue weighted by Crippen LogP contribution is 2.40. The van der Waals surface area contributed by atoms with E-state index < -0.39 is 0 Å². The number of thiophene rings is 1. The molecule has 3 rings (SSSR count). The Morgan fingerprint density at radius 1 is 1.22 bits per heavy atom. The van der Waals surface area contributed by atoms with Crippen LogP contribution >= 0.6 is 11.3 Å². The van der Waals surface area contributed by atoms with Gasteiger partial charge in [-0.2, -0.15) is 0 Å². The van der Waals surface area contributed by atoms with E-state index in [2.05, 4.69) is 40.5 Å². The molecule has 0 fully saturated rings. The Kier molecular flexibility index (Phi) is 2.80. The lowest BCUT2D eigenvalue weighted by Gasteiger charge is -2.33. The molecule has 0 spiro atoms. The molecule has 0 amide bonds. The van der Waals surface area contributed by atoms with Crippen LogP contribution in [0.3, 0.4) is 0 Å². The van der Waals surface area contributed by atoms with Gasteiger partial charge < -0.3 is 9.64 Å². The number of nitrogens with zero attached hydrogens (tertiary/aromatic N) is 2. The van der Waals surface area contributed by atoms with Gasteiger partial charge in [0, 0.05) is 11.9 Å². The normalized spacial score (nSPS) is 18.2. The highest BCUT2D eigenvalue weighted by Gasteiger charge is 2.30. The third-order valence-corrected chi connectivity index (χ3v) is 4.06. The number of methoxy groups -OCH3 is 1. The first-order valence-corrected chi connectivity index (χ1v) is 6.67. The maximum Gasteiger partial charge on any atom is 0.217 e. The summed E-state index contributed by atoms with van der Waals surface area (Å²) in [6.45, 7) is 0. The third kappa shape index (κ3) is 1.69. The molecule has 1 aromatic carbocycles. The van der Waals surface area contributed by atoms with Crippen molar-refractivity contribution >= 4 is 28.6 Å². The summed E-state index contributed by atoms with van der Waals surface area (Å²) in [5.41, 5.74) is 2.10. The molecule has 1 unspecified atom stereocenters. The summed E-state index contributed by atoms with van der Waals surface area (Å²) in [6.07, 6.45) is 0. The monoisotopic (exact) mass is 258 g/mol. The lowest BCUT2D eigenvalue weighted by molar-refractivity contribution is 0.380. The number of benzene rings is 1. The van der Waals surface area contributed by atoms with E-state index in [1.54, 1.807) is 18.4 Å². The van der Waals surface area contributed by atoms with Gasteiger partial charge in [0.2, 0.25) is 5.90 Å². The van der Waals surface area contributed by atoms with Crippen LogP contribution in [-0.4, -0.2) is 20.1 Å². The second kappa shape index (κ2) is 4.46. The number of hydrogen-bond donors (Lipinski definition) is 0. The van der Waals surface area contributed by atoms with Gasteiger partial charge in [-0.25, -0.2) is 4.99 Å². The van der Waals surface area contributed by atoms with Gasteiger partial charge >= 0.3 is 0 Å². The molecule has 1 atom stereocenters. The van der Waals surface area contributed by atoms with Crippen LogP contribution in [0.4, 0.5) is 11.4 Å². The Labute approximate surface area is 110 Å². The first-order chi connectivity index (χ1) is 8.81. The van der Waals surface area contributed by atoms with Gasteiger partial charge in [0.1, 0.15) is 6.04 Å². The number of hydrogen-bond acceptors (Lipinski definition) is 4. The standard InChI is InChI=1S/C14H14N2OS/c1-16-11-7-4-3-6-10(11)15-14(17-2)13(16)12-8-5-9-18-12/h3-9,13H,1-2H3. The van der Waals surface area contributed by atoms with Crippen molar-refractivity contribution in [2.24, 2.45) is 4.99 Å². The van der Waals surface area contributed by atoms with Crippen LogP contribution in [0.5, 0.6) is 0 Å². The predicted octanol–water partition coefficient (Wildman–Crippen LogP) is 3.62. The van der Waals surface area contributed by atoms with Crippen LogP contribution in [0.2, 0.25) is 0 Å². The molecule has 18 heavy (non-hydrogen) atoms. The molecule has 4 heteroatoms. The molecule has 0 aliphatic carbocycles. The predicted molar refractivity (Wildman–Crippen MR) is 76.0 cm³/mol. The van der Waals surface area contributed by atoms with Gasteiger partial charge in [-0.05, 0) is 23.6 Å². The molecule has 0 N–H and O–H groups in total. The van der Waals surface area contributed by atoms with E-state index in [-0.39, 0.29) is 6.04 Å². The van der Waals surface area contributed by atoms with Crippen LogP contribution < -0.4 is 4.90 Å². The molecule has 0 radical (unpaired) electrons. The average molecular weight is 258 g/mol. The molecule has 0 saturated carbocycles. The van der Waals surface area contributed by atoms with Crippen molar-refractivity contribution in [3.8, 4) is 0 Å². The maximum atomic E-state index is 5.47. The second-order valence-electron chi connectivity index (χ2n) is 4.17. The van der Waals surface area contributed by atoms with Gasteiger partial charge in [0.15, 0.2) is 0 Å². The molecular formula is C14H14N2OS. The lowest BCUT2D eigenvalue weighted by atomic mass is 10.1. The SMILES string of the molecule is COC1=Nc2ccccc2N(C)C1c1cccs1. The third-order valence-electron chi connectivity index (χ3n) is 3.14. The van der Waals surface area contributed by atoms with Crippen LogP contribution in [0, 0.1) is 0 Å². The van der Waals surface area contributed by atoms with Crippen LogP contribution in [-0.2, 0) is 4.74 Å². The number of fused-ring (bicyclic) bond motifs is 1. The molecule has 2 heterocycles. The summed E-state index contributed by atoms with van der Waals surface area (Å²) in [6, 6.07) is 12.4. The van der Waals surface area contributed by atoms with Crippen molar-refractivity contribution in [1.29, 1.82) is 0 Å². The largest absolute Gasteiger partial charge is 0.482 e. The minimum Gasteiger partial charge on any atom is -0.482 e. The maximum absolute atomic E-state index is 5.47. The molecule has 3 nitrogen and oxygen atoms in total. The fraction of sp³-hybridized carbons (Fsp3) is 0.214. The summed E-state index contributed by atoms with van der Waals surface area (Å²) in [4.78, 5) is 8.07. The zero-order chi connectivity index (χ0) is 12.5. The smallest absolute Gasteiger partial charge is 0.217 e. The quantitative estimate of drug-likeness (QED) is 0.780. The Balaban J connectivity index is 2.12. The van der Waals surface area contributed by atoms with Crippen molar-refractivity contribution in [2.75, 3.05) is 19.1 Å². The molecule has 92 valence electrons. The first kappa shape index (κ1) is 11.3. The Bertz CT molecular complexity index is 577. The fourth-order valence-corrected chi connectivity index (χ4v) is 3.12. The molecule has 1 aliphatic heterocycles. The second-order valence-corrected chi connectivity index (χ2v) is 5.15. The van der Waals surface area contributed by atoms with E-state index in [1.165, 1.54) is 4.88 Å². The van der Waals surface area contributed by atoms with E-state index in [4.69, 9.17) is 4.74 Å². The summed E-state index contributed by atoms with van der Waals surface area (Å²) in [5.74, 6) is 0.749.